The lowest BCUT2D eigenvalue weighted by molar-refractivity contribution is 0.0360. The quantitative estimate of drug-likeness (QED) is 0.795. The third-order valence-corrected chi connectivity index (χ3v) is 4.08. The van der Waals surface area contributed by atoms with Crippen molar-refractivity contribution in [3.8, 4) is 0 Å². The van der Waals surface area contributed by atoms with Gasteiger partial charge in [-0.2, -0.15) is 0 Å². The van der Waals surface area contributed by atoms with E-state index in [1.807, 2.05) is 26.0 Å². The number of carbonyl (C=O) groups excluding carboxylic acids is 1. The molecule has 0 aliphatic carbocycles. The summed E-state index contributed by atoms with van der Waals surface area (Å²) in [5, 5.41) is 15.7. The summed E-state index contributed by atoms with van der Waals surface area (Å²) in [7, 11) is 0. The van der Waals surface area contributed by atoms with E-state index in [2.05, 4.69) is 10.6 Å². The van der Waals surface area contributed by atoms with Crippen molar-refractivity contribution in [2.24, 2.45) is 0 Å². The second kappa shape index (κ2) is 6.32. The molecule has 3 N–H and O–H groups in total. The molecule has 2 aromatic rings. The highest BCUT2D eigenvalue weighted by atomic mass is 32.1. The Kier molecular flexibility index (Phi) is 4.69. The van der Waals surface area contributed by atoms with E-state index in [1.54, 1.807) is 30.4 Å². The fourth-order valence-corrected chi connectivity index (χ4v) is 2.70. The maximum atomic E-state index is 11.7. The number of furan rings is 1. The lowest BCUT2D eigenvalue weighted by Crippen LogP contribution is -2.43. The Balaban J connectivity index is 1.80. The SMILES string of the molecule is Cc1ccc(C(C)(O)CNC(=O)NCc2ccc(C)s2)o1. The Morgan fingerprint density at radius 1 is 1.29 bits per heavy atom. The van der Waals surface area contributed by atoms with Gasteiger partial charge in [0.2, 0.25) is 0 Å². The van der Waals surface area contributed by atoms with Crippen molar-refractivity contribution in [1.82, 2.24) is 10.6 Å². The Morgan fingerprint density at radius 3 is 2.62 bits per heavy atom. The summed E-state index contributed by atoms with van der Waals surface area (Å²) in [6, 6.07) is 7.18. The summed E-state index contributed by atoms with van der Waals surface area (Å²) >= 11 is 1.65. The number of aryl methyl sites for hydroxylation is 2. The van der Waals surface area contributed by atoms with E-state index >= 15 is 0 Å². The van der Waals surface area contributed by atoms with Gasteiger partial charge < -0.3 is 20.2 Å². The number of amides is 2. The van der Waals surface area contributed by atoms with E-state index in [1.165, 1.54) is 4.88 Å². The van der Waals surface area contributed by atoms with Crippen LogP contribution in [-0.4, -0.2) is 17.7 Å². The van der Waals surface area contributed by atoms with E-state index in [-0.39, 0.29) is 12.6 Å². The molecule has 0 aliphatic rings. The molecule has 21 heavy (non-hydrogen) atoms. The number of rotatable bonds is 5. The molecule has 0 aliphatic heterocycles. The number of hydrogen-bond acceptors (Lipinski definition) is 4. The Morgan fingerprint density at radius 2 is 2.05 bits per heavy atom. The highest BCUT2D eigenvalue weighted by Crippen LogP contribution is 2.21. The lowest BCUT2D eigenvalue weighted by atomic mass is 10.0. The third-order valence-electron chi connectivity index (χ3n) is 3.08. The second-order valence-corrected chi connectivity index (χ2v) is 6.61. The molecule has 0 saturated heterocycles. The van der Waals surface area contributed by atoms with E-state index < -0.39 is 5.60 Å². The normalized spacial score (nSPS) is 13.7. The Bertz CT molecular complexity index is 616. The van der Waals surface area contributed by atoms with Gasteiger partial charge in [-0.25, -0.2) is 4.79 Å². The summed E-state index contributed by atoms with van der Waals surface area (Å²) in [6.45, 7) is 6.00. The fourth-order valence-electron chi connectivity index (χ4n) is 1.87. The van der Waals surface area contributed by atoms with Crippen molar-refractivity contribution in [1.29, 1.82) is 0 Å². The zero-order valence-electron chi connectivity index (χ0n) is 12.4. The number of nitrogens with one attached hydrogen (secondary N) is 2. The molecule has 0 bridgehead atoms. The van der Waals surface area contributed by atoms with Gasteiger partial charge in [-0.3, -0.25) is 0 Å². The molecule has 2 rings (SSSR count). The maximum Gasteiger partial charge on any atom is 0.315 e. The van der Waals surface area contributed by atoms with Gasteiger partial charge in [0, 0.05) is 9.75 Å². The lowest BCUT2D eigenvalue weighted by Gasteiger charge is -2.21. The monoisotopic (exact) mass is 308 g/mol. The molecule has 5 nitrogen and oxygen atoms in total. The van der Waals surface area contributed by atoms with E-state index in [4.69, 9.17) is 4.42 Å². The molecule has 0 fully saturated rings. The van der Waals surface area contributed by atoms with Crippen molar-refractivity contribution in [3.05, 3.63) is 45.5 Å². The van der Waals surface area contributed by atoms with Crippen LogP contribution in [0.2, 0.25) is 0 Å². The number of thiophene rings is 1. The highest BCUT2D eigenvalue weighted by molar-refractivity contribution is 7.11. The zero-order chi connectivity index (χ0) is 15.5. The minimum Gasteiger partial charge on any atom is -0.463 e. The molecular formula is C15H20N2O3S. The van der Waals surface area contributed by atoms with Gasteiger partial charge in [-0.1, -0.05) is 0 Å². The third kappa shape index (κ3) is 4.34. The largest absolute Gasteiger partial charge is 0.463 e. The van der Waals surface area contributed by atoms with E-state index in [0.717, 1.165) is 10.6 Å². The Labute approximate surface area is 128 Å². The molecule has 1 atom stereocenters. The van der Waals surface area contributed by atoms with Crippen LogP contribution in [0.1, 0.15) is 28.2 Å². The molecule has 114 valence electrons. The van der Waals surface area contributed by atoms with E-state index in [9.17, 15) is 9.90 Å². The molecule has 1 unspecified atom stereocenters. The second-order valence-electron chi connectivity index (χ2n) is 5.23. The summed E-state index contributed by atoms with van der Waals surface area (Å²) in [5.74, 6) is 1.16. The van der Waals surface area contributed by atoms with Crippen molar-refractivity contribution in [3.63, 3.8) is 0 Å². The first-order valence-electron chi connectivity index (χ1n) is 6.73. The van der Waals surface area contributed by atoms with Gasteiger partial charge in [0.05, 0.1) is 13.1 Å². The minimum absolute atomic E-state index is 0.0786. The van der Waals surface area contributed by atoms with Gasteiger partial charge in [0.25, 0.3) is 0 Å². The van der Waals surface area contributed by atoms with Crippen LogP contribution >= 0.6 is 11.3 Å². The fraction of sp³-hybridized carbons (Fsp3) is 0.400. The molecule has 6 heteroatoms. The smallest absolute Gasteiger partial charge is 0.315 e. The zero-order valence-corrected chi connectivity index (χ0v) is 13.2. The van der Waals surface area contributed by atoms with Crippen molar-refractivity contribution in [2.75, 3.05) is 6.54 Å². The number of aliphatic hydroxyl groups is 1. The summed E-state index contributed by atoms with van der Waals surface area (Å²) in [5.41, 5.74) is -1.23. The molecular weight excluding hydrogens is 288 g/mol. The molecule has 0 radical (unpaired) electrons. The number of urea groups is 1. The van der Waals surface area contributed by atoms with Crippen molar-refractivity contribution in [2.45, 2.75) is 32.9 Å². The minimum atomic E-state index is -1.23. The first-order valence-corrected chi connectivity index (χ1v) is 7.55. The standard InChI is InChI=1S/C15H20N2O3S/c1-10-4-7-13(20-10)15(3,19)9-17-14(18)16-8-12-6-5-11(2)21-12/h4-7,19H,8-9H2,1-3H3,(H2,16,17,18). The van der Waals surface area contributed by atoms with E-state index in [0.29, 0.717) is 12.3 Å². The van der Waals surface area contributed by atoms with Crippen LogP contribution in [0.3, 0.4) is 0 Å². The number of hydrogen-bond donors (Lipinski definition) is 3. The van der Waals surface area contributed by atoms with Crippen LogP contribution < -0.4 is 10.6 Å². The van der Waals surface area contributed by atoms with Crippen LogP contribution in [0.15, 0.2) is 28.7 Å². The molecule has 0 spiro atoms. The molecule has 0 aromatic carbocycles. The van der Waals surface area contributed by atoms with Gasteiger partial charge in [-0.15, -0.1) is 11.3 Å². The predicted molar refractivity (Wildman–Crippen MR) is 82.3 cm³/mol. The topological polar surface area (TPSA) is 74.5 Å². The average molecular weight is 308 g/mol. The summed E-state index contributed by atoms with van der Waals surface area (Å²) in [4.78, 5) is 14.1. The first kappa shape index (κ1) is 15.6. The summed E-state index contributed by atoms with van der Waals surface area (Å²) < 4.78 is 5.39. The van der Waals surface area contributed by atoms with Crippen molar-refractivity contribution < 1.29 is 14.3 Å². The predicted octanol–water partition coefficient (Wildman–Crippen LogP) is 2.66. The van der Waals surface area contributed by atoms with Gasteiger partial charge in [0.1, 0.15) is 17.1 Å². The molecule has 2 aromatic heterocycles. The van der Waals surface area contributed by atoms with Crippen molar-refractivity contribution >= 4 is 17.4 Å². The van der Waals surface area contributed by atoms with Gasteiger partial charge in [-0.05, 0) is 45.0 Å². The van der Waals surface area contributed by atoms with Crippen LogP contribution in [0.25, 0.3) is 0 Å². The molecule has 2 amide bonds. The van der Waals surface area contributed by atoms with Crippen LogP contribution in [0, 0.1) is 13.8 Å². The van der Waals surface area contributed by atoms with Gasteiger partial charge >= 0.3 is 6.03 Å². The first-order chi connectivity index (χ1) is 9.87. The molecule has 2 heterocycles. The van der Waals surface area contributed by atoms with Crippen LogP contribution in [-0.2, 0) is 12.1 Å². The van der Waals surface area contributed by atoms with Crippen LogP contribution in [0.4, 0.5) is 4.79 Å². The summed E-state index contributed by atoms with van der Waals surface area (Å²) in [6.07, 6.45) is 0. The van der Waals surface area contributed by atoms with Gasteiger partial charge in [0.15, 0.2) is 0 Å². The maximum absolute atomic E-state index is 11.7. The number of carbonyl (C=O) groups is 1. The highest BCUT2D eigenvalue weighted by Gasteiger charge is 2.27. The average Bonchev–Trinajstić information content (AvgIpc) is 3.03. The Hall–Kier alpha value is -1.79. The van der Waals surface area contributed by atoms with Crippen LogP contribution in [0.5, 0.6) is 0 Å². The molecule has 0 saturated carbocycles.